The number of primary amides is 1. The number of thioether (sulfide) groups is 1. The minimum atomic E-state index is -0.684. The Morgan fingerprint density at radius 1 is 1.20 bits per heavy atom. The van der Waals surface area contributed by atoms with Gasteiger partial charge in [-0.15, -0.1) is 21.5 Å². The number of aromatic nitrogens is 3. The number of benzene rings is 1. The lowest BCUT2D eigenvalue weighted by atomic mass is 10.1. The molecule has 3 aromatic rings. The Kier molecular flexibility index (Phi) is 8.18. The fourth-order valence-electron chi connectivity index (χ4n) is 3.38. The molecule has 12 heteroatoms. The second kappa shape index (κ2) is 10.9. The van der Waals surface area contributed by atoms with Gasteiger partial charge in [-0.3, -0.25) is 9.59 Å². The molecule has 2 aromatic heterocycles. The number of esters is 1. The van der Waals surface area contributed by atoms with Gasteiger partial charge in [0.1, 0.15) is 10.8 Å². The largest absolute Gasteiger partial charge is 0.482 e. The molecule has 0 fully saturated rings. The monoisotopic (exact) mass is 517 g/mol. The Bertz CT molecular complexity index is 1280. The lowest BCUT2D eigenvalue weighted by Crippen LogP contribution is -2.16. The fourth-order valence-corrected chi connectivity index (χ4v) is 5.16. The van der Waals surface area contributed by atoms with Gasteiger partial charge in [0.25, 0.3) is 5.91 Å². The van der Waals surface area contributed by atoms with E-state index in [1.807, 2.05) is 39.0 Å². The van der Waals surface area contributed by atoms with Crippen LogP contribution in [-0.2, 0) is 16.6 Å². The summed E-state index contributed by atoms with van der Waals surface area (Å²) in [7, 11) is 3.02. The van der Waals surface area contributed by atoms with Crippen molar-refractivity contribution in [2.75, 3.05) is 18.2 Å². The minimum absolute atomic E-state index is 0.00165. The van der Waals surface area contributed by atoms with Crippen LogP contribution in [0.25, 0.3) is 0 Å². The van der Waals surface area contributed by atoms with E-state index in [4.69, 9.17) is 15.2 Å². The second-order valence-corrected chi connectivity index (χ2v) is 9.77. The number of nitrogens with two attached hydrogens (primary N) is 1. The van der Waals surface area contributed by atoms with E-state index < -0.39 is 11.9 Å². The summed E-state index contributed by atoms with van der Waals surface area (Å²) >= 11 is 2.12. The number of anilines is 1. The first-order valence-electron chi connectivity index (χ1n) is 10.6. The van der Waals surface area contributed by atoms with E-state index in [9.17, 15) is 14.4 Å². The highest BCUT2D eigenvalue weighted by Gasteiger charge is 2.26. The first-order valence-corrected chi connectivity index (χ1v) is 12.4. The number of aryl methyl sites for hydroxylation is 1. The lowest BCUT2D eigenvalue weighted by molar-refractivity contribution is -0.113. The second-order valence-electron chi connectivity index (χ2n) is 7.81. The molecule has 35 heavy (non-hydrogen) atoms. The van der Waals surface area contributed by atoms with Gasteiger partial charge >= 0.3 is 5.97 Å². The lowest BCUT2D eigenvalue weighted by Gasteiger charge is -2.16. The number of carbonyl (C=O) groups excluding carboxylic acids is 3. The number of carbonyl (C=O) groups is 3. The van der Waals surface area contributed by atoms with Crippen molar-refractivity contribution >= 4 is 45.9 Å². The van der Waals surface area contributed by atoms with Gasteiger partial charge in [0.15, 0.2) is 17.1 Å². The van der Waals surface area contributed by atoms with Crippen molar-refractivity contribution in [2.45, 2.75) is 39.0 Å². The van der Waals surface area contributed by atoms with Crippen LogP contribution in [0, 0.1) is 20.8 Å². The molecule has 1 unspecified atom stereocenters. The van der Waals surface area contributed by atoms with Crippen molar-refractivity contribution in [1.29, 1.82) is 0 Å². The number of ether oxygens (including phenoxy) is 2. The van der Waals surface area contributed by atoms with E-state index in [0.717, 1.165) is 28.2 Å². The predicted molar refractivity (Wildman–Crippen MR) is 134 cm³/mol. The standard InChI is InChI=1S/C23H27N5O5S2/c1-11-8-7-9-15(12(11)2)33-14(4)20-26-27-23(28(20)5)34-10-16(29)25-21-17(22(31)32-6)13(3)18(35-21)19(24)30/h7-9,14H,10H2,1-6H3,(H2,24,30)(H,25,29). The molecule has 0 spiro atoms. The number of nitrogens with zero attached hydrogens (tertiary/aromatic N) is 3. The highest BCUT2D eigenvalue weighted by Crippen LogP contribution is 2.34. The molecule has 0 aliphatic heterocycles. The number of nitrogens with one attached hydrogen (secondary N) is 1. The highest BCUT2D eigenvalue weighted by atomic mass is 32.2. The van der Waals surface area contributed by atoms with Crippen molar-refractivity contribution in [3.63, 3.8) is 0 Å². The summed E-state index contributed by atoms with van der Waals surface area (Å²) in [6.07, 6.45) is -0.361. The van der Waals surface area contributed by atoms with Gasteiger partial charge < -0.3 is 25.1 Å². The quantitative estimate of drug-likeness (QED) is 0.325. The molecule has 1 aromatic carbocycles. The van der Waals surface area contributed by atoms with Crippen molar-refractivity contribution in [3.8, 4) is 5.75 Å². The van der Waals surface area contributed by atoms with Crippen LogP contribution in [0.1, 0.15) is 55.6 Å². The van der Waals surface area contributed by atoms with Gasteiger partial charge in [0.05, 0.1) is 23.3 Å². The molecule has 2 heterocycles. The molecule has 0 aliphatic rings. The van der Waals surface area contributed by atoms with Crippen molar-refractivity contribution in [2.24, 2.45) is 12.8 Å². The third kappa shape index (κ3) is 5.65. The maximum absolute atomic E-state index is 12.6. The molecule has 2 amide bonds. The van der Waals surface area contributed by atoms with Gasteiger partial charge in [0, 0.05) is 7.05 Å². The van der Waals surface area contributed by atoms with Gasteiger partial charge in [-0.05, 0) is 50.5 Å². The molecular formula is C23H27N5O5S2. The van der Waals surface area contributed by atoms with Gasteiger partial charge in [-0.25, -0.2) is 4.79 Å². The number of hydrogen-bond donors (Lipinski definition) is 2. The van der Waals surface area contributed by atoms with Crippen LogP contribution in [0.5, 0.6) is 5.75 Å². The molecule has 0 radical (unpaired) electrons. The van der Waals surface area contributed by atoms with Crippen LogP contribution in [0.2, 0.25) is 0 Å². The van der Waals surface area contributed by atoms with E-state index in [-0.39, 0.29) is 33.2 Å². The Morgan fingerprint density at radius 2 is 1.91 bits per heavy atom. The summed E-state index contributed by atoms with van der Waals surface area (Å²) in [5.41, 5.74) is 8.06. The third-order valence-corrected chi connectivity index (χ3v) is 7.68. The van der Waals surface area contributed by atoms with Crippen LogP contribution in [0.15, 0.2) is 23.4 Å². The summed E-state index contributed by atoms with van der Waals surface area (Å²) in [6, 6.07) is 5.87. The molecular weight excluding hydrogens is 490 g/mol. The van der Waals surface area contributed by atoms with Crippen molar-refractivity contribution in [1.82, 2.24) is 14.8 Å². The number of thiophene rings is 1. The smallest absolute Gasteiger partial charge is 0.341 e. The van der Waals surface area contributed by atoms with Crippen LogP contribution >= 0.6 is 23.1 Å². The summed E-state index contributed by atoms with van der Waals surface area (Å²) < 4.78 is 12.7. The first-order chi connectivity index (χ1) is 16.5. The van der Waals surface area contributed by atoms with Crippen LogP contribution in [0.4, 0.5) is 5.00 Å². The number of rotatable bonds is 9. The Morgan fingerprint density at radius 3 is 2.57 bits per heavy atom. The maximum Gasteiger partial charge on any atom is 0.341 e. The molecule has 10 nitrogen and oxygen atoms in total. The van der Waals surface area contributed by atoms with E-state index in [2.05, 4.69) is 15.5 Å². The topological polar surface area (TPSA) is 138 Å². The zero-order chi connectivity index (χ0) is 25.9. The zero-order valence-corrected chi connectivity index (χ0v) is 21.9. The average Bonchev–Trinajstić information content (AvgIpc) is 3.34. The summed E-state index contributed by atoms with van der Waals surface area (Å²) in [5, 5.41) is 11.8. The molecule has 0 saturated carbocycles. The fraction of sp³-hybridized carbons (Fsp3) is 0.348. The molecule has 186 valence electrons. The van der Waals surface area contributed by atoms with Crippen molar-refractivity contribution < 1.29 is 23.9 Å². The maximum atomic E-state index is 12.6. The summed E-state index contributed by atoms with van der Waals surface area (Å²) in [6.45, 7) is 7.49. The van der Waals surface area contributed by atoms with E-state index in [1.54, 1.807) is 18.5 Å². The minimum Gasteiger partial charge on any atom is -0.482 e. The number of methoxy groups -OCH3 is 1. The third-order valence-electron chi connectivity index (χ3n) is 5.44. The number of amides is 2. The molecule has 3 N–H and O–H groups in total. The first kappa shape index (κ1) is 26.2. The zero-order valence-electron chi connectivity index (χ0n) is 20.3. The Hall–Kier alpha value is -3.38. The average molecular weight is 518 g/mol. The Balaban J connectivity index is 1.69. The molecule has 0 bridgehead atoms. The molecule has 0 saturated heterocycles. The summed E-state index contributed by atoms with van der Waals surface area (Å²) in [4.78, 5) is 36.7. The van der Waals surface area contributed by atoms with Gasteiger partial charge in [-0.2, -0.15) is 0 Å². The van der Waals surface area contributed by atoms with Crippen LogP contribution < -0.4 is 15.8 Å². The van der Waals surface area contributed by atoms with E-state index in [1.165, 1.54) is 18.9 Å². The summed E-state index contributed by atoms with van der Waals surface area (Å²) in [5.74, 6) is -0.344. The van der Waals surface area contributed by atoms with E-state index in [0.29, 0.717) is 16.5 Å². The normalized spacial score (nSPS) is 11.7. The highest BCUT2D eigenvalue weighted by molar-refractivity contribution is 7.99. The van der Waals surface area contributed by atoms with Crippen molar-refractivity contribution in [3.05, 3.63) is 51.2 Å². The molecule has 0 aliphatic carbocycles. The van der Waals surface area contributed by atoms with Gasteiger partial charge in [-0.1, -0.05) is 23.9 Å². The Labute approximate surface area is 211 Å². The van der Waals surface area contributed by atoms with Crippen LogP contribution in [-0.4, -0.2) is 45.4 Å². The molecule has 3 rings (SSSR count). The SMILES string of the molecule is COC(=O)c1c(NC(=O)CSc2nnc(C(C)Oc3cccc(C)c3C)n2C)sc(C(N)=O)c1C. The van der Waals surface area contributed by atoms with Crippen LogP contribution in [0.3, 0.4) is 0 Å². The number of hydrogen-bond acceptors (Lipinski definition) is 9. The van der Waals surface area contributed by atoms with Gasteiger partial charge in [0.2, 0.25) is 5.91 Å². The predicted octanol–water partition coefficient (Wildman–Crippen LogP) is 3.56. The van der Waals surface area contributed by atoms with E-state index >= 15 is 0 Å². The molecule has 1 atom stereocenters.